The van der Waals surface area contributed by atoms with Crippen LogP contribution in [0.4, 0.5) is 5.69 Å². The summed E-state index contributed by atoms with van der Waals surface area (Å²) in [7, 11) is 0. The number of piperazine rings is 1. The zero-order valence-electron chi connectivity index (χ0n) is 18.5. The van der Waals surface area contributed by atoms with E-state index in [0.29, 0.717) is 0 Å². The summed E-state index contributed by atoms with van der Waals surface area (Å²) in [5.74, 6) is 0.901. The standard InChI is InChI=1S/C24H36N6/c1-3-25-24(28-14-11-22-9-4-5-12-26-22)27-13-7-15-29-16-18-30(19-17-29)23-10-6-8-21(2)20-23/h4-6,8-10,12,20H,3,7,11,13-19H2,1-2H3,(H2,25,27,28). The van der Waals surface area contributed by atoms with Gasteiger partial charge in [-0.1, -0.05) is 18.2 Å². The molecule has 1 aliphatic heterocycles. The van der Waals surface area contributed by atoms with Crippen molar-refractivity contribution in [2.75, 3.05) is 57.3 Å². The van der Waals surface area contributed by atoms with Gasteiger partial charge in [-0.05, 0) is 50.1 Å². The molecule has 1 saturated heterocycles. The van der Waals surface area contributed by atoms with Crippen molar-refractivity contribution >= 4 is 11.6 Å². The van der Waals surface area contributed by atoms with Crippen molar-refractivity contribution in [2.45, 2.75) is 26.7 Å². The minimum absolute atomic E-state index is 0.837. The van der Waals surface area contributed by atoms with E-state index >= 15 is 0 Å². The van der Waals surface area contributed by atoms with Crippen molar-refractivity contribution in [3.8, 4) is 0 Å². The van der Waals surface area contributed by atoms with E-state index in [9.17, 15) is 0 Å². The average molecular weight is 409 g/mol. The van der Waals surface area contributed by atoms with Crippen LogP contribution in [0.5, 0.6) is 0 Å². The van der Waals surface area contributed by atoms with Crippen LogP contribution in [0.15, 0.2) is 53.7 Å². The fraction of sp³-hybridized carbons (Fsp3) is 0.500. The van der Waals surface area contributed by atoms with Crippen LogP contribution in [0.2, 0.25) is 0 Å². The average Bonchev–Trinajstić information content (AvgIpc) is 2.78. The number of benzene rings is 1. The van der Waals surface area contributed by atoms with Gasteiger partial charge in [0.2, 0.25) is 0 Å². The molecule has 1 fully saturated rings. The molecule has 1 aromatic carbocycles. The van der Waals surface area contributed by atoms with Crippen molar-refractivity contribution in [3.05, 3.63) is 59.9 Å². The van der Waals surface area contributed by atoms with Gasteiger partial charge in [-0.15, -0.1) is 0 Å². The molecule has 2 heterocycles. The Kier molecular flexibility index (Phi) is 8.97. The summed E-state index contributed by atoms with van der Waals surface area (Å²) in [5.41, 5.74) is 3.79. The Bertz CT molecular complexity index is 768. The van der Waals surface area contributed by atoms with E-state index in [1.807, 2.05) is 18.3 Å². The van der Waals surface area contributed by atoms with Gasteiger partial charge in [0.1, 0.15) is 0 Å². The maximum Gasteiger partial charge on any atom is 0.191 e. The third-order valence-electron chi connectivity index (χ3n) is 5.39. The molecule has 1 aromatic heterocycles. The van der Waals surface area contributed by atoms with Crippen LogP contribution < -0.4 is 15.5 Å². The first-order chi connectivity index (χ1) is 14.7. The van der Waals surface area contributed by atoms with Gasteiger partial charge in [-0.25, -0.2) is 0 Å². The first-order valence-electron chi connectivity index (χ1n) is 11.2. The maximum absolute atomic E-state index is 4.74. The zero-order chi connectivity index (χ0) is 21.0. The van der Waals surface area contributed by atoms with Crippen molar-refractivity contribution in [1.82, 2.24) is 20.5 Å². The second-order valence-electron chi connectivity index (χ2n) is 7.78. The van der Waals surface area contributed by atoms with E-state index in [-0.39, 0.29) is 0 Å². The van der Waals surface area contributed by atoms with Crippen LogP contribution in [0.3, 0.4) is 0 Å². The van der Waals surface area contributed by atoms with Crippen molar-refractivity contribution in [3.63, 3.8) is 0 Å². The van der Waals surface area contributed by atoms with Gasteiger partial charge in [-0.2, -0.15) is 0 Å². The van der Waals surface area contributed by atoms with E-state index < -0.39 is 0 Å². The Balaban J connectivity index is 1.34. The van der Waals surface area contributed by atoms with Gasteiger partial charge < -0.3 is 15.5 Å². The first-order valence-corrected chi connectivity index (χ1v) is 11.2. The minimum Gasteiger partial charge on any atom is -0.369 e. The summed E-state index contributed by atoms with van der Waals surface area (Å²) in [6.45, 7) is 12.4. The molecule has 2 N–H and O–H groups in total. The van der Waals surface area contributed by atoms with Crippen molar-refractivity contribution in [2.24, 2.45) is 4.99 Å². The van der Waals surface area contributed by atoms with Crippen molar-refractivity contribution in [1.29, 1.82) is 0 Å². The summed E-state index contributed by atoms with van der Waals surface area (Å²) in [6, 6.07) is 14.9. The highest BCUT2D eigenvalue weighted by Crippen LogP contribution is 2.17. The smallest absolute Gasteiger partial charge is 0.191 e. The molecule has 0 amide bonds. The second-order valence-corrected chi connectivity index (χ2v) is 7.78. The molecule has 0 radical (unpaired) electrons. The Labute approximate surface area is 181 Å². The van der Waals surface area contributed by atoms with Gasteiger partial charge in [0.25, 0.3) is 0 Å². The second kappa shape index (κ2) is 12.2. The summed E-state index contributed by atoms with van der Waals surface area (Å²) >= 11 is 0. The highest BCUT2D eigenvalue weighted by atomic mass is 15.3. The monoisotopic (exact) mass is 408 g/mol. The molecule has 6 heteroatoms. The van der Waals surface area contributed by atoms with Gasteiger partial charge in [0.15, 0.2) is 5.96 Å². The topological polar surface area (TPSA) is 55.8 Å². The molecule has 0 bridgehead atoms. The number of guanidine groups is 1. The third-order valence-corrected chi connectivity index (χ3v) is 5.39. The number of aliphatic imine (C=N–C) groups is 1. The Hall–Kier alpha value is -2.60. The highest BCUT2D eigenvalue weighted by molar-refractivity contribution is 5.79. The van der Waals surface area contributed by atoms with E-state index in [4.69, 9.17) is 4.99 Å². The molecular formula is C24H36N6. The molecule has 3 rings (SSSR count). The van der Waals surface area contributed by atoms with Crippen LogP contribution in [-0.4, -0.2) is 68.2 Å². The molecule has 0 saturated carbocycles. The molecule has 6 nitrogen and oxygen atoms in total. The van der Waals surface area contributed by atoms with E-state index in [0.717, 1.165) is 76.9 Å². The minimum atomic E-state index is 0.837. The Morgan fingerprint density at radius 2 is 1.93 bits per heavy atom. The molecular weight excluding hydrogens is 372 g/mol. The number of nitrogens with zero attached hydrogens (tertiary/aromatic N) is 4. The number of nitrogens with one attached hydrogen (secondary N) is 2. The van der Waals surface area contributed by atoms with Gasteiger partial charge in [-0.3, -0.25) is 14.9 Å². The van der Waals surface area contributed by atoms with Crippen LogP contribution in [0.25, 0.3) is 0 Å². The normalized spacial score (nSPS) is 15.3. The molecule has 0 spiro atoms. The Morgan fingerprint density at radius 3 is 2.67 bits per heavy atom. The summed E-state index contributed by atoms with van der Waals surface area (Å²) < 4.78 is 0. The van der Waals surface area contributed by atoms with Gasteiger partial charge in [0.05, 0.1) is 0 Å². The van der Waals surface area contributed by atoms with E-state index in [1.54, 1.807) is 0 Å². The van der Waals surface area contributed by atoms with Gasteiger partial charge in [0, 0.05) is 76.4 Å². The molecule has 0 unspecified atom stereocenters. The molecule has 1 aliphatic rings. The number of hydrogen-bond donors (Lipinski definition) is 2. The lowest BCUT2D eigenvalue weighted by Gasteiger charge is -2.36. The summed E-state index contributed by atoms with van der Waals surface area (Å²) in [6.07, 6.45) is 3.83. The fourth-order valence-electron chi connectivity index (χ4n) is 3.74. The fourth-order valence-corrected chi connectivity index (χ4v) is 3.74. The highest BCUT2D eigenvalue weighted by Gasteiger charge is 2.16. The quantitative estimate of drug-likeness (QED) is 0.380. The molecule has 0 atom stereocenters. The lowest BCUT2D eigenvalue weighted by atomic mass is 10.2. The van der Waals surface area contributed by atoms with Crippen molar-refractivity contribution < 1.29 is 0 Å². The van der Waals surface area contributed by atoms with Crippen LogP contribution in [-0.2, 0) is 6.42 Å². The third kappa shape index (κ3) is 7.34. The van der Waals surface area contributed by atoms with E-state index in [1.165, 1.54) is 11.3 Å². The maximum atomic E-state index is 4.74. The number of aromatic nitrogens is 1. The van der Waals surface area contributed by atoms with Gasteiger partial charge >= 0.3 is 0 Å². The van der Waals surface area contributed by atoms with Crippen LogP contribution in [0, 0.1) is 6.92 Å². The summed E-state index contributed by atoms with van der Waals surface area (Å²) in [4.78, 5) is 14.2. The van der Waals surface area contributed by atoms with Crippen LogP contribution >= 0.6 is 0 Å². The van der Waals surface area contributed by atoms with Crippen LogP contribution in [0.1, 0.15) is 24.6 Å². The lowest BCUT2D eigenvalue weighted by molar-refractivity contribution is 0.256. The van der Waals surface area contributed by atoms with E-state index in [2.05, 4.69) is 69.6 Å². The number of anilines is 1. The lowest BCUT2D eigenvalue weighted by Crippen LogP contribution is -2.46. The Morgan fingerprint density at radius 1 is 1.07 bits per heavy atom. The molecule has 2 aromatic rings. The SMILES string of the molecule is CCNC(=NCCCN1CCN(c2cccc(C)c2)CC1)NCCc1ccccn1. The summed E-state index contributed by atoms with van der Waals surface area (Å²) in [5, 5.41) is 6.75. The predicted octanol–water partition coefficient (Wildman–Crippen LogP) is 2.70. The number of hydrogen-bond acceptors (Lipinski definition) is 4. The number of rotatable bonds is 9. The predicted molar refractivity (Wildman–Crippen MR) is 126 cm³/mol. The molecule has 30 heavy (non-hydrogen) atoms. The zero-order valence-corrected chi connectivity index (χ0v) is 18.5. The number of pyridine rings is 1. The molecule has 162 valence electrons. The number of aryl methyl sites for hydroxylation is 1. The first kappa shape index (κ1) is 22.1. The largest absolute Gasteiger partial charge is 0.369 e. The molecule has 0 aliphatic carbocycles.